The molecule has 112 valence electrons. The highest BCUT2D eigenvalue weighted by Crippen LogP contribution is 2.34. The molecule has 3 rings (SSSR count). The lowest BCUT2D eigenvalue weighted by atomic mass is 9.94. The van der Waals surface area contributed by atoms with E-state index in [2.05, 4.69) is 53.3 Å². The lowest BCUT2D eigenvalue weighted by Crippen LogP contribution is -2.30. The molecule has 0 amide bonds. The summed E-state index contributed by atoms with van der Waals surface area (Å²) in [5.74, 6) is 0.605. The number of para-hydroxylation sites is 1. The van der Waals surface area contributed by atoms with Crippen LogP contribution in [0.25, 0.3) is 0 Å². The minimum atomic E-state index is 0.605. The van der Waals surface area contributed by atoms with Crippen LogP contribution in [0.15, 0.2) is 34.9 Å². The van der Waals surface area contributed by atoms with Gasteiger partial charge in [-0.05, 0) is 36.9 Å². The van der Waals surface area contributed by atoms with Crippen molar-refractivity contribution >= 4 is 11.7 Å². The maximum atomic E-state index is 5.71. The van der Waals surface area contributed by atoms with Crippen molar-refractivity contribution in [2.75, 3.05) is 18.0 Å². The third-order valence-electron chi connectivity index (χ3n) is 3.85. The molecular weight excluding hydrogens is 262 g/mol. The summed E-state index contributed by atoms with van der Waals surface area (Å²) in [6.07, 6.45) is 4.01. The molecule has 1 aliphatic heterocycles. The van der Waals surface area contributed by atoms with E-state index in [4.69, 9.17) is 4.42 Å². The molecule has 21 heavy (non-hydrogen) atoms. The van der Waals surface area contributed by atoms with E-state index in [0.29, 0.717) is 11.9 Å². The minimum Gasteiger partial charge on any atom is -0.431 e. The smallest absolute Gasteiger partial charge is 0.302 e. The largest absolute Gasteiger partial charge is 0.431 e. The number of hydrogen-bond donors (Lipinski definition) is 1. The maximum Gasteiger partial charge on any atom is 0.302 e. The second kappa shape index (κ2) is 6.31. The lowest BCUT2D eigenvalue weighted by molar-refractivity contribution is 0.503. The molecule has 0 bridgehead atoms. The number of rotatable bonds is 5. The van der Waals surface area contributed by atoms with Crippen LogP contribution in [0, 0.1) is 5.92 Å². The SMILES string of the molecule is CCCNCc1coc(N2CC(C)Cc3ccccc32)n1. The van der Waals surface area contributed by atoms with Gasteiger partial charge < -0.3 is 9.73 Å². The molecule has 0 saturated carbocycles. The van der Waals surface area contributed by atoms with Gasteiger partial charge in [-0.3, -0.25) is 4.90 Å². The van der Waals surface area contributed by atoms with Gasteiger partial charge in [0.2, 0.25) is 0 Å². The Balaban J connectivity index is 1.80. The monoisotopic (exact) mass is 285 g/mol. The molecule has 0 aliphatic carbocycles. The summed E-state index contributed by atoms with van der Waals surface area (Å²) in [5, 5.41) is 3.35. The molecule has 1 aromatic heterocycles. The van der Waals surface area contributed by atoms with Crippen molar-refractivity contribution in [3.8, 4) is 0 Å². The molecule has 2 aromatic rings. The average molecular weight is 285 g/mol. The van der Waals surface area contributed by atoms with Gasteiger partial charge in [-0.15, -0.1) is 0 Å². The third-order valence-corrected chi connectivity index (χ3v) is 3.85. The molecule has 0 spiro atoms. The van der Waals surface area contributed by atoms with Crippen molar-refractivity contribution in [2.45, 2.75) is 33.2 Å². The molecule has 0 fully saturated rings. The van der Waals surface area contributed by atoms with E-state index in [0.717, 1.165) is 38.2 Å². The van der Waals surface area contributed by atoms with Gasteiger partial charge >= 0.3 is 6.01 Å². The number of benzene rings is 1. The van der Waals surface area contributed by atoms with E-state index in [-0.39, 0.29) is 0 Å². The molecule has 1 aliphatic rings. The fraction of sp³-hybridized carbons (Fsp3) is 0.471. The van der Waals surface area contributed by atoms with Gasteiger partial charge in [0.05, 0.1) is 5.69 Å². The van der Waals surface area contributed by atoms with Crippen molar-refractivity contribution < 1.29 is 4.42 Å². The van der Waals surface area contributed by atoms with Crippen LogP contribution in [0.1, 0.15) is 31.5 Å². The third kappa shape index (κ3) is 3.10. The Labute approximate surface area is 126 Å². The first-order valence-corrected chi connectivity index (χ1v) is 7.78. The second-order valence-corrected chi connectivity index (χ2v) is 5.85. The van der Waals surface area contributed by atoms with Crippen LogP contribution in [-0.4, -0.2) is 18.1 Å². The quantitative estimate of drug-likeness (QED) is 0.854. The van der Waals surface area contributed by atoms with Gasteiger partial charge in [-0.25, -0.2) is 0 Å². The summed E-state index contributed by atoms with van der Waals surface area (Å²) >= 11 is 0. The number of aromatic nitrogens is 1. The van der Waals surface area contributed by atoms with Crippen LogP contribution in [-0.2, 0) is 13.0 Å². The van der Waals surface area contributed by atoms with Crippen LogP contribution in [0.4, 0.5) is 11.7 Å². The van der Waals surface area contributed by atoms with Crippen molar-refractivity contribution in [3.63, 3.8) is 0 Å². The van der Waals surface area contributed by atoms with Crippen molar-refractivity contribution in [2.24, 2.45) is 5.92 Å². The van der Waals surface area contributed by atoms with Gasteiger partial charge in [-0.1, -0.05) is 32.0 Å². The molecular formula is C17H23N3O. The number of nitrogens with one attached hydrogen (secondary N) is 1. The highest BCUT2D eigenvalue weighted by atomic mass is 16.4. The summed E-state index contributed by atoms with van der Waals surface area (Å²) in [6, 6.07) is 9.24. The molecule has 0 radical (unpaired) electrons. The Bertz CT molecular complexity index is 593. The molecule has 4 nitrogen and oxygen atoms in total. The zero-order chi connectivity index (χ0) is 14.7. The fourth-order valence-electron chi connectivity index (χ4n) is 2.87. The van der Waals surface area contributed by atoms with Gasteiger partial charge in [0.25, 0.3) is 0 Å². The van der Waals surface area contributed by atoms with Crippen LogP contribution in [0.2, 0.25) is 0 Å². The van der Waals surface area contributed by atoms with E-state index >= 15 is 0 Å². The van der Waals surface area contributed by atoms with Crippen molar-refractivity contribution in [1.29, 1.82) is 0 Å². The standard InChI is InChI=1S/C17H23N3O/c1-3-8-18-10-15-12-21-17(19-15)20-11-13(2)9-14-6-4-5-7-16(14)20/h4-7,12-13,18H,3,8-11H2,1-2H3. The zero-order valence-corrected chi connectivity index (χ0v) is 12.8. The molecule has 1 atom stereocenters. The Kier molecular flexibility index (Phi) is 4.25. The Hall–Kier alpha value is -1.81. The molecule has 1 unspecified atom stereocenters. The first-order chi connectivity index (χ1) is 10.3. The van der Waals surface area contributed by atoms with Gasteiger partial charge in [0.15, 0.2) is 0 Å². The van der Waals surface area contributed by atoms with Gasteiger partial charge in [-0.2, -0.15) is 4.98 Å². The number of hydrogen-bond acceptors (Lipinski definition) is 4. The summed E-state index contributed by atoms with van der Waals surface area (Å²) in [7, 11) is 0. The fourth-order valence-corrected chi connectivity index (χ4v) is 2.87. The summed E-state index contributed by atoms with van der Waals surface area (Å²) in [6.45, 7) is 7.16. The van der Waals surface area contributed by atoms with Crippen LogP contribution >= 0.6 is 0 Å². The molecule has 1 N–H and O–H groups in total. The number of oxazole rings is 1. The van der Waals surface area contributed by atoms with Crippen LogP contribution in [0.3, 0.4) is 0 Å². The van der Waals surface area contributed by atoms with Crippen molar-refractivity contribution in [1.82, 2.24) is 10.3 Å². The van der Waals surface area contributed by atoms with E-state index in [1.165, 1.54) is 11.3 Å². The number of nitrogens with zero attached hydrogens (tertiary/aromatic N) is 2. The first kappa shape index (κ1) is 14.1. The lowest BCUT2D eigenvalue weighted by Gasteiger charge is -2.31. The highest BCUT2D eigenvalue weighted by molar-refractivity contribution is 5.62. The van der Waals surface area contributed by atoms with Crippen LogP contribution in [0.5, 0.6) is 0 Å². The maximum absolute atomic E-state index is 5.71. The van der Waals surface area contributed by atoms with Gasteiger partial charge in [0, 0.05) is 18.8 Å². The molecule has 1 aromatic carbocycles. The van der Waals surface area contributed by atoms with E-state index in [9.17, 15) is 0 Å². The van der Waals surface area contributed by atoms with E-state index < -0.39 is 0 Å². The normalized spacial score (nSPS) is 17.8. The Morgan fingerprint density at radius 1 is 1.38 bits per heavy atom. The zero-order valence-electron chi connectivity index (χ0n) is 12.8. The van der Waals surface area contributed by atoms with Gasteiger partial charge in [0.1, 0.15) is 6.26 Å². The van der Waals surface area contributed by atoms with E-state index in [1.807, 2.05) is 0 Å². The average Bonchev–Trinajstić information content (AvgIpc) is 2.95. The Morgan fingerprint density at radius 3 is 3.10 bits per heavy atom. The summed E-state index contributed by atoms with van der Waals surface area (Å²) in [4.78, 5) is 6.84. The topological polar surface area (TPSA) is 41.3 Å². The first-order valence-electron chi connectivity index (χ1n) is 7.78. The highest BCUT2D eigenvalue weighted by Gasteiger charge is 2.25. The predicted molar refractivity (Wildman–Crippen MR) is 84.8 cm³/mol. The summed E-state index contributed by atoms with van der Waals surface area (Å²) in [5.41, 5.74) is 3.57. The molecule has 2 heterocycles. The van der Waals surface area contributed by atoms with Crippen molar-refractivity contribution in [3.05, 3.63) is 41.8 Å². The number of fused-ring (bicyclic) bond motifs is 1. The predicted octanol–water partition coefficient (Wildman–Crippen LogP) is 3.50. The Morgan fingerprint density at radius 2 is 2.24 bits per heavy atom. The molecule has 0 saturated heterocycles. The second-order valence-electron chi connectivity index (χ2n) is 5.85. The van der Waals surface area contributed by atoms with Crippen LogP contribution < -0.4 is 10.2 Å². The van der Waals surface area contributed by atoms with E-state index in [1.54, 1.807) is 6.26 Å². The minimum absolute atomic E-state index is 0.605. The number of anilines is 2. The summed E-state index contributed by atoms with van der Waals surface area (Å²) < 4.78 is 5.71. The molecule has 4 heteroatoms.